The van der Waals surface area contributed by atoms with Crippen LogP contribution in [0.3, 0.4) is 0 Å². The van der Waals surface area contributed by atoms with Crippen molar-refractivity contribution in [3.8, 4) is 11.4 Å². The van der Waals surface area contributed by atoms with Crippen molar-refractivity contribution in [1.82, 2.24) is 14.3 Å². The van der Waals surface area contributed by atoms with Crippen LogP contribution in [0.15, 0.2) is 105 Å². The summed E-state index contributed by atoms with van der Waals surface area (Å²) >= 11 is 0. The van der Waals surface area contributed by atoms with Crippen molar-refractivity contribution in [1.29, 1.82) is 0 Å². The number of hydrogen-bond donors (Lipinski definition) is 2. The molecule has 0 bridgehead atoms. The average Bonchev–Trinajstić information content (AvgIpc) is 3.33. The molecule has 0 fully saturated rings. The fourth-order valence-corrected chi connectivity index (χ4v) is 5.47. The van der Waals surface area contributed by atoms with Gasteiger partial charge in [0.2, 0.25) is 0 Å². The Morgan fingerprint density at radius 3 is 2.31 bits per heavy atom. The van der Waals surface area contributed by atoms with Gasteiger partial charge in [-0.2, -0.15) is 13.5 Å². The van der Waals surface area contributed by atoms with Gasteiger partial charge >= 0.3 is 0 Å². The number of nitrogens with zero attached hydrogens (tertiary/aromatic N) is 4. The first-order valence-electron chi connectivity index (χ1n) is 11.1. The number of hydrogen-bond acceptors (Lipinski definition) is 6. The van der Waals surface area contributed by atoms with E-state index in [2.05, 4.69) is 14.8 Å². The highest BCUT2D eigenvalue weighted by Gasteiger charge is 2.30. The summed E-state index contributed by atoms with van der Waals surface area (Å²) < 4.78 is 32.6. The number of anilines is 1. The van der Waals surface area contributed by atoms with Crippen molar-refractivity contribution in [2.24, 2.45) is 4.40 Å². The SMILES string of the molecule is O=c1c(C2=NS(=O)(=O)c3ccccc3N2)c(O)c2cnn(-c3ccccc3)c2n1Cc1ccccc1. The summed E-state index contributed by atoms with van der Waals surface area (Å²) in [6.07, 6.45) is 1.45. The van der Waals surface area contributed by atoms with Crippen molar-refractivity contribution in [2.45, 2.75) is 11.4 Å². The number of aromatic hydroxyl groups is 1. The van der Waals surface area contributed by atoms with E-state index in [9.17, 15) is 18.3 Å². The van der Waals surface area contributed by atoms with Crippen LogP contribution in [0.1, 0.15) is 11.1 Å². The highest BCUT2D eigenvalue weighted by Crippen LogP contribution is 2.33. The zero-order valence-electron chi connectivity index (χ0n) is 18.7. The molecule has 0 amide bonds. The van der Waals surface area contributed by atoms with Gasteiger partial charge in [-0.3, -0.25) is 9.36 Å². The molecule has 178 valence electrons. The topological polar surface area (TPSA) is 119 Å². The van der Waals surface area contributed by atoms with Crippen LogP contribution in [0.4, 0.5) is 5.69 Å². The maximum atomic E-state index is 14.0. The van der Waals surface area contributed by atoms with Gasteiger partial charge in [0, 0.05) is 0 Å². The summed E-state index contributed by atoms with van der Waals surface area (Å²) in [6.45, 7) is 0.165. The Labute approximate surface area is 205 Å². The first-order valence-corrected chi connectivity index (χ1v) is 12.5. The van der Waals surface area contributed by atoms with Crippen LogP contribution < -0.4 is 10.9 Å². The lowest BCUT2D eigenvalue weighted by atomic mass is 10.1. The molecule has 0 atom stereocenters. The molecule has 2 aromatic heterocycles. The molecular weight excluding hydrogens is 478 g/mol. The predicted molar refractivity (Wildman–Crippen MR) is 136 cm³/mol. The van der Waals surface area contributed by atoms with Crippen molar-refractivity contribution in [2.75, 3.05) is 5.32 Å². The molecule has 0 unspecified atom stereocenters. The molecule has 2 N–H and O–H groups in total. The van der Waals surface area contributed by atoms with Crippen molar-refractivity contribution in [3.05, 3.63) is 113 Å². The lowest BCUT2D eigenvalue weighted by molar-refractivity contribution is 0.477. The number of fused-ring (bicyclic) bond motifs is 2. The largest absolute Gasteiger partial charge is 0.506 e. The summed E-state index contributed by atoms with van der Waals surface area (Å²) in [4.78, 5) is 14.0. The minimum Gasteiger partial charge on any atom is -0.506 e. The second-order valence-electron chi connectivity index (χ2n) is 8.27. The molecule has 0 spiro atoms. The van der Waals surface area contributed by atoms with Crippen molar-refractivity contribution in [3.63, 3.8) is 0 Å². The van der Waals surface area contributed by atoms with Gasteiger partial charge in [0.1, 0.15) is 16.2 Å². The van der Waals surface area contributed by atoms with Gasteiger partial charge in [-0.25, -0.2) is 4.68 Å². The van der Waals surface area contributed by atoms with E-state index in [-0.39, 0.29) is 33.9 Å². The van der Waals surface area contributed by atoms with Crippen LogP contribution in [0, 0.1) is 0 Å². The zero-order chi connectivity index (χ0) is 24.9. The predicted octanol–water partition coefficient (Wildman–Crippen LogP) is 3.50. The van der Waals surface area contributed by atoms with E-state index in [0.29, 0.717) is 11.3 Å². The van der Waals surface area contributed by atoms with Gasteiger partial charge in [-0.15, -0.1) is 4.40 Å². The summed E-state index contributed by atoms with van der Waals surface area (Å²) in [7, 11) is -4.09. The standard InChI is InChI=1S/C26H19N5O4S/c32-23-19-15-27-31(18-11-5-2-6-12-18)25(19)30(16-17-9-3-1-4-10-17)26(33)22(23)24-28-20-13-7-8-14-21(20)36(34,35)29-24/h1-15,32H,16H2,(H,28,29). The second kappa shape index (κ2) is 8.21. The van der Waals surface area contributed by atoms with E-state index in [4.69, 9.17) is 0 Å². The molecule has 9 nitrogen and oxygen atoms in total. The molecule has 0 saturated carbocycles. The van der Waals surface area contributed by atoms with Crippen LogP contribution in [-0.2, 0) is 16.6 Å². The number of benzene rings is 3. The van der Waals surface area contributed by atoms with E-state index in [0.717, 1.165) is 5.56 Å². The van der Waals surface area contributed by atoms with Gasteiger partial charge in [0.15, 0.2) is 11.5 Å². The smallest absolute Gasteiger partial charge is 0.286 e. The summed E-state index contributed by atoms with van der Waals surface area (Å²) in [5.41, 5.74) is 1.33. The van der Waals surface area contributed by atoms with Gasteiger partial charge in [0.05, 0.1) is 29.5 Å². The summed E-state index contributed by atoms with van der Waals surface area (Å²) in [6, 6.07) is 24.9. The monoisotopic (exact) mass is 497 g/mol. The Hall–Kier alpha value is -4.70. The molecule has 1 aliphatic rings. The third-order valence-corrected chi connectivity index (χ3v) is 7.34. The third kappa shape index (κ3) is 3.46. The third-order valence-electron chi connectivity index (χ3n) is 6.00. The highest BCUT2D eigenvalue weighted by atomic mass is 32.2. The minimum absolute atomic E-state index is 0.00386. The molecule has 36 heavy (non-hydrogen) atoms. The van der Waals surface area contributed by atoms with Gasteiger partial charge in [-0.05, 0) is 29.8 Å². The van der Waals surface area contributed by atoms with Gasteiger partial charge in [0.25, 0.3) is 15.6 Å². The zero-order valence-corrected chi connectivity index (χ0v) is 19.6. The second-order valence-corrected chi connectivity index (χ2v) is 9.84. The summed E-state index contributed by atoms with van der Waals surface area (Å²) in [5.74, 6) is -0.644. The fraction of sp³-hybridized carbons (Fsp3) is 0.0385. The van der Waals surface area contributed by atoms with Gasteiger partial charge < -0.3 is 10.4 Å². The molecule has 10 heteroatoms. The van der Waals surface area contributed by atoms with E-state index in [1.807, 2.05) is 60.7 Å². The van der Waals surface area contributed by atoms with Gasteiger partial charge in [-0.1, -0.05) is 60.7 Å². The number of nitrogens with one attached hydrogen (secondary N) is 1. The van der Waals surface area contributed by atoms with Crippen LogP contribution in [0.2, 0.25) is 0 Å². The lowest BCUT2D eigenvalue weighted by Crippen LogP contribution is -2.33. The number of sulfonamides is 1. The lowest BCUT2D eigenvalue weighted by Gasteiger charge is -2.20. The molecule has 5 aromatic rings. The quantitative estimate of drug-likeness (QED) is 0.392. The first kappa shape index (κ1) is 21.8. The highest BCUT2D eigenvalue weighted by molar-refractivity contribution is 7.90. The van der Waals surface area contributed by atoms with Crippen LogP contribution in [0.25, 0.3) is 16.7 Å². The maximum absolute atomic E-state index is 14.0. The molecule has 0 aliphatic carbocycles. The molecule has 1 aliphatic heterocycles. The van der Waals surface area contributed by atoms with Crippen LogP contribution >= 0.6 is 0 Å². The molecule has 3 aromatic carbocycles. The normalized spacial score (nSPS) is 14.2. The van der Waals surface area contributed by atoms with Crippen LogP contribution in [0.5, 0.6) is 5.75 Å². The number of amidine groups is 1. The Bertz CT molecular complexity index is 1830. The number of para-hydroxylation sites is 2. The fourth-order valence-electron chi connectivity index (χ4n) is 4.34. The van der Waals surface area contributed by atoms with Crippen molar-refractivity contribution >= 4 is 32.6 Å². The molecule has 0 radical (unpaired) electrons. The Kier molecular flexibility index (Phi) is 4.97. The minimum atomic E-state index is -4.09. The maximum Gasteiger partial charge on any atom is 0.286 e. The molecular formula is C26H19N5O4S. The summed E-state index contributed by atoms with van der Waals surface area (Å²) in [5, 5.41) is 18.9. The number of rotatable bonds is 4. The van der Waals surface area contributed by atoms with E-state index in [1.165, 1.54) is 16.8 Å². The Balaban J connectivity index is 1.64. The van der Waals surface area contributed by atoms with E-state index in [1.54, 1.807) is 22.9 Å². The number of aromatic nitrogens is 3. The van der Waals surface area contributed by atoms with E-state index < -0.39 is 21.3 Å². The molecule has 3 heterocycles. The molecule has 6 rings (SSSR count). The Morgan fingerprint density at radius 2 is 1.56 bits per heavy atom. The van der Waals surface area contributed by atoms with Crippen LogP contribution in [-0.4, -0.2) is 33.7 Å². The first-order chi connectivity index (χ1) is 17.4. The Morgan fingerprint density at radius 1 is 0.889 bits per heavy atom. The van der Waals surface area contributed by atoms with E-state index >= 15 is 0 Å². The number of pyridine rings is 1. The molecule has 0 saturated heterocycles. The average molecular weight is 498 g/mol. The van der Waals surface area contributed by atoms with Crippen molar-refractivity contribution < 1.29 is 13.5 Å².